The first-order chi connectivity index (χ1) is 7.65. The predicted octanol–water partition coefficient (Wildman–Crippen LogP) is 2.72. The molecule has 0 heterocycles. The topological polar surface area (TPSA) is 69.0 Å². The zero-order valence-electron chi connectivity index (χ0n) is 8.11. The number of hydrogen-bond donors (Lipinski definition) is 1. The summed E-state index contributed by atoms with van der Waals surface area (Å²) in [4.78, 5) is 2.52. The van der Waals surface area contributed by atoms with Crippen LogP contribution in [0.4, 0.5) is 8.78 Å². The lowest BCUT2D eigenvalue weighted by Crippen LogP contribution is -1.86. The first-order valence-electron chi connectivity index (χ1n) is 4.33. The fourth-order valence-electron chi connectivity index (χ4n) is 0.945. The van der Waals surface area contributed by atoms with Crippen molar-refractivity contribution in [2.45, 2.75) is 6.42 Å². The average molecular weight is 223 g/mol. The first kappa shape index (κ1) is 11.8. The number of phenols is 1. The minimum atomic E-state index is -1.13. The molecule has 1 aromatic carbocycles. The number of rotatable bonds is 2. The molecule has 0 amide bonds. The second kappa shape index (κ2) is 5.59. The van der Waals surface area contributed by atoms with Gasteiger partial charge in [-0.3, -0.25) is 0 Å². The molecule has 0 radical (unpaired) electrons. The fraction of sp³-hybridized carbons (Fsp3) is 0.200. The molecule has 1 aromatic rings. The molecule has 1 rings (SSSR count). The summed E-state index contributed by atoms with van der Waals surface area (Å²) in [5, 5.41) is 12.5. The SMILES string of the molecule is [N-]=[N+]=NCCC#Cc1cc(F)c(F)cc1O. The van der Waals surface area contributed by atoms with Crippen molar-refractivity contribution in [2.75, 3.05) is 6.54 Å². The van der Waals surface area contributed by atoms with Crippen LogP contribution in [0.25, 0.3) is 10.4 Å². The minimum absolute atomic E-state index is 0.000151. The van der Waals surface area contributed by atoms with E-state index in [1.807, 2.05) is 0 Å². The minimum Gasteiger partial charge on any atom is -0.507 e. The Morgan fingerprint density at radius 2 is 2.06 bits per heavy atom. The van der Waals surface area contributed by atoms with Crippen molar-refractivity contribution in [3.8, 4) is 17.6 Å². The van der Waals surface area contributed by atoms with Crippen molar-refractivity contribution < 1.29 is 13.9 Å². The van der Waals surface area contributed by atoms with Crippen LogP contribution in [0.1, 0.15) is 12.0 Å². The van der Waals surface area contributed by atoms with Gasteiger partial charge in [0.15, 0.2) is 11.6 Å². The Hall–Kier alpha value is -2.25. The van der Waals surface area contributed by atoms with E-state index in [0.29, 0.717) is 6.07 Å². The Morgan fingerprint density at radius 1 is 1.38 bits per heavy atom. The van der Waals surface area contributed by atoms with Gasteiger partial charge in [0.05, 0.1) is 5.56 Å². The number of azide groups is 1. The third-order valence-corrected chi connectivity index (χ3v) is 1.66. The number of hydrogen-bond acceptors (Lipinski definition) is 2. The molecule has 1 N–H and O–H groups in total. The highest BCUT2D eigenvalue weighted by Gasteiger charge is 2.06. The van der Waals surface area contributed by atoms with Gasteiger partial charge < -0.3 is 5.11 Å². The lowest BCUT2D eigenvalue weighted by atomic mass is 10.2. The maximum Gasteiger partial charge on any atom is 0.162 e. The Balaban J connectivity index is 2.80. The van der Waals surface area contributed by atoms with Gasteiger partial charge in [0.25, 0.3) is 0 Å². The molecule has 4 nitrogen and oxygen atoms in total. The Kier molecular flexibility index (Phi) is 4.13. The van der Waals surface area contributed by atoms with E-state index in [9.17, 15) is 13.9 Å². The van der Waals surface area contributed by atoms with Gasteiger partial charge in [-0.1, -0.05) is 17.0 Å². The lowest BCUT2D eigenvalue weighted by molar-refractivity contribution is 0.453. The number of benzene rings is 1. The van der Waals surface area contributed by atoms with Crippen LogP contribution in [0.3, 0.4) is 0 Å². The van der Waals surface area contributed by atoms with Crippen molar-refractivity contribution in [1.29, 1.82) is 0 Å². The molecule has 0 saturated carbocycles. The van der Waals surface area contributed by atoms with E-state index in [1.54, 1.807) is 0 Å². The standard InChI is InChI=1S/C10H7F2N3O/c11-8-5-7(10(16)6-9(8)12)3-1-2-4-14-15-13/h5-6,16H,2,4H2. The van der Waals surface area contributed by atoms with E-state index >= 15 is 0 Å². The third-order valence-electron chi connectivity index (χ3n) is 1.66. The molecular formula is C10H7F2N3O. The normalized spacial score (nSPS) is 8.88. The molecule has 82 valence electrons. The monoisotopic (exact) mass is 223 g/mol. The second-order valence-electron chi connectivity index (χ2n) is 2.79. The summed E-state index contributed by atoms with van der Waals surface area (Å²) < 4.78 is 25.4. The predicted molar refractivity (Wildman–Crippen MR) is 53.5 cm³/mol. The van der Waals surface area contributed by atoms with E-state index in [0.717, 1.165) is 6.07 Å². The van der Waals surface area contributed by atoms with E-state index in [1.165, 1.54) is 0 Å². The van der Waals surface area contributed by atoms with Gasteiger partial charge in [-0.2, -0.15) is 0 Å². The maximum absolute atomic E-state index is 12.8. The van der Waals surface area contributed by atoms with Crippen molar-refractivity contribution in [2.24, 2.45) is 5.11 Å². The summed E-state index contributed by atoms with van der Waals surface area (Å²) in [5.41, 5.74) is 7.97. The van der Waals surface area contributed by atoms with Gasteiger partial charge in [-0.15, -0.1) is 0 Å². The molecule has 6 heteroatoms. The van der Waals surface area contributed by atoms with Crippen LogP contribution >= 0.6 is 0 Å². The van der Waals surface area contributed by atoms with Gasteiger partial charge >= 0.3 is 0 Å². The van der Waals surface area contributed by atoms with E-state index in [4.69, 9.17) is 5.53 Å². The first-order valence-corrected chi connectivity index (χ1v) is 4.33. The Bertz CT molecular complexity index is 499. The van der Waals surface area contributed by atoms with E-state index in [2.05, 4.69) is 21.9 Å². The second-order valence-corrected chi connectivity index (χ2v) is 2.79. The highest BCUT2D eigenvalue weighted by atomic mass is 19.2. The van der Waals surface area contributed by atoms with Gasteiger partial charge in [-0.05, 0) is 11.6 Å². The molecule has 0 aliphatic rings. The quantitative estimate of drug-likeness (QED) is 0.270. The number of nitrogens with zero attached hydrogens (tertiary/aromatic N) is 3. The summed E-state index contributed by atoms with van der Waals surface area (Å²) in [7, 11) is 0. The summed E-state index contributed by atoms with van der Waals surface area (Å²) in [6.07, 6.45) is 0.280. The van der Waals surface area contributed by atoms with Crippen LogP contribution in [-0.4, -0.2) is 11.7 Å². The van der Waals surface area contributed by atoms with Gasteiger partial charge in [-0.25, -0.2) is 8.78 Å². The number of halogens is 2. The average Bonchev–Trinajstić information content (AvgIpc) is 2.25. The van der Waals surface area contributed by atoms with Gasteiger partial charge in [0.2, 0.25) is 0 Å². The van der Waals surface area contributed by atoms with Crippen LogP contribution in [0, 0.1) is 23.5 Å². The highest BCUT2D eigenvalue weighted by Crippen LogP contribution is 2.19. The largest absolute Gasteiger partial charge is 0.507 e. The Morgan fingerprint density at radius 3 is 2.75 bits per heavy atom. The number of phenolic OH excluding ortho intramolecular Hbond substituents is 1. The third kappa shape index (κ3) is 3.15. The fourth-order valence-corrected chi connectivity index (χ4v) is 0.945. The maximum atomic E-state index is 12.8. The van der Waals surface area contributed by atoms with E-state index in [-0.39, 0.29) is 18.5 Å². The highest BCUT2D eigenvalue weighted by molar-refractivity contribution is 5.45. The van der Waals surface area contributed by atoms with Gasteiger partial charge in [0.1, 0.15) is 5.75 Å². The molecule has 0 fully saturated rings. The molecular weight excluding hydrogens is 216 g/mol. The van der Waals surface area contributed by atoms with Crippen LogP contribution in [0.15, 0.2) is 17.2 Å². The number of aromatic hydroxyl groups is 1. The van der Waals surface area contributed by atoms with Crippen molar-refractivity contribution >= 4 is 0 Å². The summed E-state index contributed by atoms with van der Waals surface area (Å²) in [5.74, 6) is 2.39. The molecule has 0 aliphatic carbocycles. The lowest BCUT2D eigenvalue weighted by Gasteiger charge is -1.97. The molecule has 0 saturated heterocycles. The molecule has 0 aliphatic heterocycles. The van der Waals surface area contributed by atoms with Crippen LogP contribution in [-0.2, 0) is 0 Å². The zero-order valence-corrected chi connectivity index (χ0v) is 8.11. The van der Waals surface area contributed by atoms with Gasteiger partial charge in [0, 0.05) is 23.9 Å². The zero-order chi connectivity index (χ0) is 12.0. The molecule has 0 atom stereocenters. The summed E-state index contributed by atoms with van der Waals surface area (Å²) in [6, 6.07) is 1.47. The molecule has 0 bridgehead atoms. The van der Waals surface area contributed by atoms with Crippen LogP contribution in [0.2, 0.25) is 0 Å². The molecule has 0 unspecified atom stereocenters. The summed E-state index contributed by atoms with van der Waals surface area (Å²) in [6.45, 7) is 0.188. The van der Waals surface area contributed by atoms with Crippen molar-refractivity contribution in [3.63, 3.8) is 0 Å². The van der Waals surface area contributed by atoms with Crippen molar-refractivity contribution in [1.82, 2.24) is 0 Å². The molecule has 16 heavy (non-hydrogen) atoms. The van der Waals surface area contributed by atoms with Crippen LogP contribution < -0.4 is 0 Å². The Labute approximate surface area is 90.1 Å². The van der Waals surface area contributed by atoms with Crippen LogP contribution in [0.5, 0.6) is 5.75 Å². The van der Waals surface area contributed by atoms with E-state index < -0.39 is 17.4 Å². The smallest absolute Gasteiger partial charge is 0.162 e. The summed E-state index contributed by atoms with van der Waals surface area (Å²) >= 11 is 0. The molecule has 0 aromatic heterocycles. The molecule has 0 spiro atoms. The van der Waals surface area contributed by atoms with Crippen molar-refractivity contribution in [3.05, 3.63) is 39.8 Å².